The van der Waals surface area contributed by atoms with E-state index in [-0.39, 0.29) is 48.7 Å². The lowest BCUT2D eigenvalue weighted by atomic mass is 9.70. The Morgan fingerprint density at radius 2 is 1.89 bits per heavy atom. The van der Waals surface area contributed by atoms with E-state index in [9.17, 15) is 24.3 Å². The molecular formula is C39H55BrN4O9. The molecule has 2 N–H and O–H groups in total. The van der Waals surface area contributed by atoms with Gasteiger partial charge in [0.2, 0.25) is 17.7 Å². The van der Waals surface area contributed by atoms with Crippen molar-refractivity contribution < 1.29 is 43.2 Å². The molecule has 2 bridgehead atoms. The zero-order valence-electron chi connectivity index (χ0n) is 31.1. The van der Waals surface area contributed by atoms with Crippen LogP contribution >= 0.6 is 15.9 Å². The van der Waals surface area contributed by atoms with Crippen molar-refractivity contribution in [2.45, 2.75) is 73.9 Å². The van der Waals surface area contributed by atoms with Crippen LogP contribution < -0.4 is 5.32 Å². The fourth-order valence-electron chi connectivity index (χ4n) is 8.43. The molecule has 1 spiro atoms. The first kappa shape index (κ1) is 41.0. The van der Waals surface area contributed by atoms with Gasteiger partial charge in [0, 0.05) is 51.1 Å². The van der Waals surface area contributed by atoms with Crippen LogP contribution in [0.2, 0.25) is 0 Å². The van der Waals surface area contributed by atoms with E-state index in [0.29, 0.717) is 44.7 Å². The van der Waals surface area contributed by atoms with Crippen LogP contribution in [0.15, 0.2) is 55.6 Å². The molecule has 3 amide bonds. The maximum Gasteiger partial charge on any atom is 0.313 e. The number of hydrogen-bond donors (Lipinski definition) is 2. The summed E-state index contributed by atoms with van der Waals surface area (Å²) in [6, 6.07) is 6.52. The second-order valence-electron chi connectivity index (χ2n) is 14.7. The lowest BCUT2D eigenvalue weighted by Crippen LogP contribution is -2.60. The summed E-state index contributed by atoms with van der Waals surface area (Å²) in [5.74, 6) is -3.99. The summed E-state index contributed by atoms with van der Waals surface area (Å²) < 4.78 is 24.1. The average Bonchev–Trinajstić information content (AvgIpc) is 3.75. The number of benzene rings is 1. The lowest BCUT2D eigenvalue weighted by Gasteiger charge is -2.41. The summed E-state index contributed by atoms with van der Waals surface area (Å²) in [5.41, 5.74) is -0.723. The Labute approximate surface area is 321 Å². The number of esters is 1. The minimum Gasteiger partial charge on any atom is -0.455 e. The zero-order valence-corrected chi connectivity index (χ0v) is 32.7. The normalized spacial score (nSPS) is 28.3. The van der Waals surface area contributed by atoms with Crippen molar-refractivity contribution in [3.05, 3.63) is 61.2 Å². The predicted molar refractivity (Wildman–Crippen MR) is 201 cm³/mol. The number of nitrogens with zero attached hydrogens (tertiary/aromatic N) is 3. The van der Waals surface area contributed by atoms with Crippen LogP contribution in [-0.2, 0) is 38.1 Å². The summed E-state index contributed by atoms with van der Waals surface area (Å²) in [5, 5.41) is 13.6. The fraction of sp³-hybridized carbons (Fsp3) is 0.641. The lowest BCUT2D eigenvalue weighted by molar-refractivity contribution is -0.163. The van der Waals surface area contributed by atoms with Gasteiger partial charge in [0.15, 0.2) is 0 Å². The van der Waals surface area contributed by atoms with Crippen LogP contribution in [0, 0.1) is 17.8 Å². The van der Waals surface area contributed by atoms with Crippen LogP contribution in [0.1, 0.15) is 44.8 Å². The number of carbonyl (C=O) groups excluding carboxylic acids is 4. The third kappa shape index (κ3) is 8.57. The average molecular weight is 804 g/mol. The highest BCUT2D eigenvalue weighted by molar-refractivity contribution is 9.09. The Hall–Kier alpha value is -3.14. The first-order valence-corrected chi connectivity index (χ1v) is 19.5. The first-order chi connectivity index (χ1) is 25.5. The predicted octanol–water partition coefficient (Wildman–Crippen LogP) is 2.48. The molecule has 0 aromatic heterocycles. The summed E-state index contributed by atoms with van der Waals surface area (Å²) >= 11 is 3.75. The maximum absolute atomic E-state index is 14.9. The van der Waals surface area contributed by atoms with Crippen LogP contribution in [0.4, 0.5) is 0 Å². The van der Waals surface area contributed by atoms with Gasteiger partial charge >= 0.3 is 5.97 Å². The van der Waals surface area contributed by atoms with Crippen molar-refractivity contribution in [3.8, 4) is 0 Å². The largest absolute Gasteiger partial charge is 0.455 e. The molecule has 4 saturated heterocycles. The third-order valence-corrected chi connectivity index (χ3v) is 11.8. The van der Waals surface area contributed by atoms with E-state index in [0.717, 1.165) is 13.1 Å². The Morgan fingerprint density at radius 3 is 2.51 bits per heavy atom. The molecule has 9 atom stereocenters. The maximum atomic E-state index is 14.9. The van der Waals surface area contributed by atoms with E-state index >= 15 is 0 Å². The van der Waals surface area contributed by atoms with Crippen molar-refractivity contribution in [2.24, 2.45) is 17.8 Å². The number of morpholine rings is 1. The molecule has 0 aliphatic carbocycles. The number of methoxy groups -OCH3 is 1. The van der Waals surface area contributed by atoms with Gasteiger partial charge in [-0.3, -0.25) is 24.1 Å². The highest BCUT2D eigenvalue weighted by Gasteiger charge is 2.77. The summed E-state index contributed by atoms with van der Waals surface area (Å²) in [4.78, 5) is 62.4. The molecule has 5 rings (SSSR count). The number of allylic oxidation sites excluding steroid dienone is 1. The van der Waals surface area contributed by atoms with Gasteiger partial charge in [-0.2, -0.15) is 0 Å². The number of carbonyl (C=O) groups is 4. The number of rotatable bonds is 19. The SMILES string of the molecule is C=CCCC(=O)N[C@H](COC)[C@H](OC(=O)[C@H]1[C@@H]2O[C@@]3(CC2Br)[C@@H]1C(=O)N([C@@H](CO)C(C)C)[C@@H]3C(=O)N(CC=C)CCN1CCOCC1)c1ccccc1. The van der Waals surface area contributed by atoms with E-state index in [1.54, 1.807) is 29.2 Å². The number of aliphatic hydroxyl groups excluding tert-OH is 1. The summed E-state index contributed by atoms with van der Waals surface area (Å²) in [7, 11) is 1.50. The van der Waals surface area contributed by atoms with Crippen molar-refractivity contribution in [2.75, 3.05) is 66.3 Å². The van der Waals surface area contributed by atoms with Gasteiger partial charge in [-0.15, -0.1) is 13.2 Å². The van der Waals surface area contributed by atoms with Crippen molar-refractivity contribution in [3.63, 3.8) is 0 Å². The molecule has 4 aliphatic rings. The Kier molecular flexibility index (Phi) is 14.3. The second kappa shape index (κ2) is 18.5. The number of aliphatic hydroxyl groups is 1. The van der Waals surface area contributed by atoms with Gasteiger partial charge in [-0.1, -0.05) is 72.3 Å². The van der Waals surface area contributed by atoms with Gasteiger partial charge in [0.05, 0.1) is 56.5 Å². The van der Waals surface area contributed by atoms with Crippen LogP contribution in [-0.4, -0.2) is 144 Å². The van der Waals surface area contributed by atoms with Crippen LogP contribution in [0.5, 0.6) is 0 Å². The van der Waals surface area contributed by atoms with Gasteiger partial charge < -0.3 is 39.2 Å². The number of alkyl halides is 1. The van der Waals surface area contributed by atoms with Crippen molar-refractivity contribution in [1.29, 1.82) is 0 Å². The first-order valence-electron chi connectivity index (χ1n) is 18.6. The van der Waals surface area contributed by atoms with Crippen molar-refractivity contribution >= 4 is 39.6 Å². The number of likely N-dealkylation sites (tertiary alicyclic amines) is 1. The van der Waals surface area contributed by atoms with Gasteiger partial charge in [0.25, 0.3) is 0 Å². The quantitative estimate of drug-likeness (QED) is 0.122. The van der Waals surface area contributed by atoms with E-state index in [1.165, 1.54) is 12.0 Å². The van der Waals surface area contributed by atoms with Gasteiger partial charge in [0.1, 0.15) is 17.7 Å². The molecule has 13 nitrogen and oxygen atoms in total. The number of halogens is 1. The highest BCUT2D eigenvalue weighted by atomic mass is 79.9. The zero-order chi connectivity index (χ0) is 38.3. The number of hydrogen-bond acceptors (Lipinski definition) is 10. The molecule has 292 valence electrons. The molecule has 1 aromatic rings. The van der Waals surface area contributed by atoms with E-state index in [4.69, 9.17) is 18.9 Å². The number of fused-ring (bicyclic) bond motifs is 1. The molecule has 0 saturated carbocycles. The highest BCUT2D eigenvalue weighted by Crippen LogP contribution is 2.61. The standard InChI is InChI=1S/C39H55BrN4O9/c1-6-8-14-30(46)41-28(24-50-5)33(26-12-10-9-11-13-26)52-38(49)31-32-36(47)44(29(23-45)25(3)4)35(39(32)22-27(40)34(31)53-39)37(48)43(15-7-2)17-16-42-18-20-51-21-19-42/h6-7,9-13,25,27-29,31-35,45H,1-2,8,14-24H2,3-5H3,(H,41,46)/t27?,28-,29+,31-,32+,33-,34-,35-,39+/m1/s1. The summed E-state index contributed by atoms with van der Waals surface area (Å²) in [6.07, 6.45) is 2.57. The minimum atomic E-state index is -1.36. The molecule has 53 heavy (non-hydrogen) atoms. The Bertz CT molecular complexity index is 1460. The van der Waals surface area contributed by atoms with E-state index < -0.39 is 59.6 Å². The molecule has 4 heterocycles. The monoisotopic (exact) mass is 802 g/mol. The van der Waals surface area contributed by atoms with Crippen molar-refractivity contribution in [1.82, 2.24) is 20.0 Å². The minimum absolute atomic E-state index is 0.0468. The number of ether oxygens (including phenoxy) is 4. The summed E-state index contributed by atoms with van der Waals surface area (Å²) in [6.45, 7) is 15.1. The Balaban J connectivity index is 1.50. The fourth-order valence-corrected chi connectivity index (χ4v) is 9.37. The number of amides is 3. The third-order valence-electron chi connectivity index (χ3n) is 11.0. The molecule has 4 aliphatic heterocycles. The van der Waals surface area contributed by atoms with Crippen LogP contribution in [0.25, 0.3) is 0 Å². The van der Waals surface area contributed by atoms with E-state index in [2.05, 4.69) is 39.3 Å². The van der Waals surface area contributed by atoms with Gasteiger partial charge in [-0.05, 0) is 24.3 Å². The molecule has 1 unspecified atom stereocenters. The Morgan fingerprint density at radius 1 is 1.17 bits per heavy atom. The smallest absolute Gasteiger partial charge is 0.313 e. The molecule has 1 aromatic carbocycles. The molecular weight excluding hydrogens is 748 g/mol. The molecule has 4 fully saturated rings. The molecule has 0 radical (unpaired) electrons. The molecule has 14 heteroatoms. The number of nitrogens with one attached hydrogen (secondary N) is 1. The van der Waals surface area contributed by atoms with E-state index in [1.807, 2.05) is 32.0 Å². The van der Waals surface area contributed by atoms with Crippen LogP contribution in [0.3, 0.4) is 0 Å². The second-order valence-corrected chi connectivity index (χ2v) is 15.8. The van der Waals surface area contributed by atoms with Gasteiger partial charge in [-0.25, -0.2) is 0 Å². The topological polar surface area (TPSA) is 147 Å².